The van der Waals surface area contributed by atoms with Gasteiger partial charge in [0, 0.05) is 18.8 Å². The molecule has 1 amide bonds. The minimum Gasteiger partial charge on any atom is -0.469 e. The molecule has 1 aromatic carbocycles. The second kappa shape index (κ2) is 8.69. The van der Waals surface area contributed by atoms with Crippen LogP contribution in [0.1, 0.15) is 40.6 Å². The zero-order valence-electron chi connectivity index (χ0n) is 14.7. The van der Waals surface area contributed by atoms with Crippen molar-refractivity contribution in [3.63, 3.8) is 0 Å². The third-order valence-electron chi connectivity index (χ3n) is 3.97. The average molecular weight is 338 g/mol. The first kappa shape index (κ1) is 18.3. The molecule has 0 unspecified atom stereocenters. The number of nitrogens with zero attached hydrogens (tertiary/aromatic N) is 3. The fourth-order valence-electron chi connectivity index (χ4n) is 2.50. The van der Waals surface area contributed by atoms with E-state index in [1.54, 1.807) is 19.2 Å². The Morgan fingerprint density at radius 2 is 2.20 bits per heavy atom. The lowest BCUT2D eigenvalue weighted by Crippen LogP contribution is -2.23. The van der Waals surface area contributed by atoms with Crippen molar-refractivity contribution in [3.05, 3.63) is 53.0 Å². The maximum atomic E-state index is 12.0. The van der Waals surface area contributed by atoms with Gasteiger partial charge in [0.25, 0.3) is 5.91 Å². The standard InChI is InChI=1S/C19H22N4O2/c1-4-23(10-5-9-20)17-7-6-16(14(2)12-17)13-21-22-19(24)18-8-11-25-15(18)3/h6-8,11-13H,4-5,10H2,1-3H3,(H,22,24)/b21-13-. The summed E-state index contributed by atoms with van der Waals surface area (Å²) < 4.78 is 5.11. The maximum absolute atomic E-state index is 12.0. The SMILES string of the molecule is CCN(CCC#N)c1ccc(/C=N\NC(=O)c2ccoc2C)c(C)c1. The van der Waals surface area contributed by atoms with E-state index < -0.39 is 0 Å². The summed E-state index contributed by atoms with van der Waals surface area (Å²) >= 11 is 0. The minimum atomic E-state index is -0.301. The summed E-state index contributed by atoms with van der Waals surface area (Å²) in [5.41, 5.74) is 6.02. The Balaban J connectivity index is 2.04. The maximum Gasteiger partial charge on any atom is 0.274 e. The molecular weight excluding hydrogens is 316 g/mol. The highest BCUT2D eigenvalue weighted by molar-refractivity contribution is 5.95. The molecule has 0 atom stereocenters. The van der Waals surface area contributed by atoms with Crippen LogP contribution in [0, 0.1) is 25.2 Å². The van der Waals surface area contributed by atoms with Crippen molar-refractivity contribution in [2.45, 2.75) is 27.2 Å². The number of anilines is 1. The molecule has 6 nitrogen and oxygen atoms in total. The largest absolute Gasteiger partial charge is 0.469 e. The van der Waals surface area contributed by atoms with Crippen LogP contribution < -0.4 is 10.3 Å². The third-order valence-corrected chi connectivity index (χ3v) is 3.97. The highest BCUT2D eigenvalue weighted by Gasteiger charge is 2.10. The van der Waals surface area contributed by atoms with Gasteiger partial charge < -0.3 is 9.32 Å². The monoisotopic (exact) mass is 338 g/mol. The number of benzene rings is 1. The predicted molar refractivity (Wildman–Crippen MR) is 97.8 cm³/mol. The number of aryl methyl sites for hydroxylation is 2. The lowest BCUT2D eigenvalue weighted by molar-refractivity contribution is 0.0953. The van der Waals surface area contributed by atoms with Crippen molar-refractivity contribution in [2.75, 3.05) is 18.0 Å². The van der Waals surface area contributed by atoms with Gasteiger partial charge in [-0.1, -0.05) is 6.07 Å². The first-order chi connectivity index (χ1) is 12.1. The van der Waals surface area contributed by atoms with E-state index in [-0.39, 0.29) is 5.91 Å². The number of amides is 1. The van der Waals surface area contributed by atoms with Crippen LogP contribution in [0.3, 0.4) is 0 Å². The topological polar surface area (TPSA) is 81.6 Å². The van der Waals surface area contributed by atoms with E-state index in [0.717, 1.165) is 23.4 Å². The number of rotatable bonds is 7. The molecule has 130 valence electrons. The van der Waals surface area contributed by atoms with Crippen molar-refractivity contribution in [1.29, 1.82) is 5.26 Å². The molecule has 0 spiro atoms. The molecule has 0 saturated heterocycles. The summed E-state index contributed by atoms with van der Waals surface area (Å²) in [7, 11) is 0. The zero-order chi connectivity index (χ0) is 18.2. The molecule has 1 heterocycles. The van der Waals surface area contributed by atoms with Gasteiger partial charge in [0.05, 0.1) is 30.5 Å². The molecule has 0 radical (unpaired) electrons. The van der Waals surface area contributed by atoms with E-state index in [9.17, 15) is 4.79 Å². The number of nitrogens with one attached hydrogen (secondary N) is 1. The van der Waals surface area contributed by atoms with E-state index in [4.69, 9.17) is 9.68 Å². The summed E-state index contributed by atoms with van der Waals surface area (Å²) in [6.45, 7) is 7.34. The van der Waals surface area contributed by atoms with Crippen LogP contribution in [-0.2, 0) is 0 Å². The molecule has 0 aliphatic carbocycles. The van der Waals surface area contributed by atoms with Gasteiger partial charge in [-0.25, -0.2) is 5.43 Å². The minimum absolute atomic E-state index is 0.301. The Morgan fingerprint density at radius 1 is 1.40 bits per heavy atom. The predicted octanol–water partition coefficient (Wildman–Crippen LogP) is 3.40. The molecule has 0 fully saturated rings. The quantitative estimate of drug-likeness (QED) is 0.619. The summed E-state index contributed by atoms with van der Waals surface area (Å²) in [5, 5.41) is 12.8. The van der Waals surface area contributed by atoms with E-state index in [1.807, 2.05) is 19.1 Å². The van der Waals surface area contributed by atoms with E-state index in [1.165, 1.54) is 6.26 Å². The van der Waals surface area contributed by atoms with Crippen LogP contribution in [-0.4, -0.2) is 25.2 Å². The van der Waals surface area contributed by atoms with Gasteiger partial charge in [0.2, 0.25) is 0 Å². The van der Waals surface area contributed by atoms with Crippen molar-refractivity contribution in [2.24, 2.45) is 5.10 Å². The molecule has 0 bridgehead atoms. The van der Waals surface area contributed by atoms with Crippen LogP contribution in [0.15, 0.2) is 40.0 Å². The van der Waals surface area contributed by atoms with Crippen LogP contribution >= 0.6 is 0 Å². The van der Waals surface area contributed by atoms with E-state index >= 15 is 0 Å². The molecule has 2 aromatic rings. The van der Waals surface area contributed by atoms with Crippen LogP contribution in [0.5, 0.6) is 0 Å². The van der Waals surface area contributed by atoms with Crippen LogP contribution in [0.2, 0.25) is 0 Å². The zero-order valence-corrected chi connectivity index (χ0v) is 14.7. The highest BCUT2D eigenvalue weighted by Crippen LogP contribution is 2.18. The van der Waals surface area contributed by atoms with Gasteiger partial charge in [0.1, 0.15) is 5.76 Å². The molecule has 1 aromatic heterocycles. The molecule has 0 saturated carbocycles. The normalized spacial score (nSPS) is 10.6. The van der Waals surface area contributed by atoms with Crippen molar-refractivity contribution in [1.82, 2.24) is 5.43 Å². The number of nitriles is 1. The third kappa shape index (κ3) is 4.70. The molecule has 1 N–H and O–H groups in total. The molecule has 0 aliphatic rings. The first-order valence-electron chi connectivity index (χ1n) is 8.16. The summed E-state index contributed by atoms with van der Waals surface area (Å²) in [4.78, 5) is 14.1. The number of carbonyl (C=O) groups excluding carboxylic acids is 1. The fraction of sp³-hybridized carbons (Fsp3) is 0.316. The average Bonchev–Trinajstić information content (AvgIpc) is 3.03. The van der Waals surface area contributed by atoms with Gasteiger partial charge >= 0.3 is 0 Å². The summed E-state index contributed by atoms with van der Waals surface area (Å²) in [5.74, 6) is 0.260. The van der Waals surface area contributed by atoms with E-state index in [2.05, 4.69) is 34.5 Å². The van der Waals surface area contributed by atoms with Crippen LogP contribution in [0.4, 0.5) is 5.69 Å². The molecule has 25 heavy (non-hydrogen) atoms. The van der Waals surface area contributed by atoms with Crippen molar-refractivity contribution < 1.29 is 9.21 Å². The second-order valence-electron chi connectivity index (χ2n) is 5.62. The Morgan fingerprint density at radius 3 is 2.80 bits per heavy atom. The lowest BCUT2D eigenvalue weighted by Gasteiger charge is -2.22. The van der Waals surface area contributed by atoms with Crippen molar-refractivity contribution in [3.8, 4) is 6.07 Å². The fourth-order valence-corrected chi connectivity index (χ4v) is 2.50. The Hall–Kier alpha value is -3.07. The Labute approximate surface area is 147 Å². The van der Waals surface area contributed by atoms with E-state index in [0.29, 0.717) is 24.3 Å². The highest BCUT2D eigenvalue weighted by atomic mass is 16.3. The number of carbonyl (C=O) groups is 1. The number of hydrogen-bond acceptors (Lipinski definition) is 5. The smallest absolute Gasteiger partial charge is 0.274 e. The van der Waals surface area contributed by atoms with Gasteiger partial charge in [-0.05, 0) is 50.1 Å². The number of hydrogen-bond donors (Lipinski definition) is 1. The number of furan rings is 1. The molecule has 0 aliphatic heterocycles. The van der Waals surface area contributed by atoms with Crippen molar-refractivity contribution >= 4 is 17.8 Å². The summed E-state index contributed by atoms with van der Waals surface area (Å²) in [6.07, 6.45) is 3.59. The molecule has 6 heteroatoms. The first-order valence-corrected chi connectivity index (χ1v) is 8.16. The molecular formula is C19H22N4O2. The number of hydrazone groups is 1. The van der Waals surface area contributed by atoms with Crippen LogP contribution in [0.25, 0.3) is 0 Å². The van der Waals surface area contributed by atoms with Gasteiger partial charge in [0.15, 0.2) is 0 Å². The Kier molecular flexibility index (Phi) is 6.35. The lowest BCUT2D eigenvalue weighted by atomic mass is 10.1. The molecule has 2 rings (SSSR count). The van der Waals surface area contributed by atoms with Gasteiger partial charge in [-0.15, -0.1) is 0 Å². The van der Waals surface area contributed by atoms with Gasteiger partial charge in [-0.3, -0.25) is 4.79 Å². The second-order valence-corrected chi connectivity index (χ2v) is 5.62. The Bertz CT molecular complexity index is 802. The summed E-state index contributed by atoms with van der Waals surface area (Å²) in [6, 6.07) is 9.80. The van der Waals surface area contributed by atoms with Gasteiger partial charge in [-0.2, -0.15) is 10.4 Å².